The van der Waals surface area contributed by atoms with Crippen LogP contribution in [0.4, 0.5) is 5.82 Å². The normalized spacial score (nSPS) is 14.1. The fourth-order valence-electron chi connectivity index (χ4n) is 2.04. The van der Waals surface area contributed by atoms with Crippen LogP contribution >= 0.6 is 27.5 Å². The zero-order valence-corrected chi connectivity index (χ0v) is 14.1. The van der Waals surface area contributed by atoms with Crippen molar-refractivity contribution in [3.63, 3.8) is 0 Å². The molecule has 21 heavy (non-hydrogen) atoms. The van der Waals surface area contributed by atoms with Crippen LogP contribution in [0.3, 0.4) is 0 Å². The van der Waals surface area contributed by atoms with Gasteiger partial charge in [-0.15, -0.1) is 0 Å². The third-order valence-corrected chi connectivity index (χ3v) is 4.20. The van der Waals surface area contributed by atoms with Gasteiger partial charge in [-0.1, -0.05) is 27.5 Å². The molecule has 2 aromatic rings. The van der Waals surface area contributed by atoms with Crippen LogP contribution < -0.4 is 10.1 Å². The fourth-order valence-corrected chi connectivity index (χ4v) is 2.54. The number of nitrogens with zero attached hydrogens (tertiary/aromatic N) is 2. The van der Waals surface area contributed by atoms with Crippen molar-refractivity contribution >= 4 is 33.3 Å². The number of anilines is 1. The van der Waals surface area contributed by atoms with Crippen molar-refractivity contribution in [1.82, 2.24) is 9.97 Å². The lowest BCUT2D eigenvalue weighted by atomic mass is 10.3. The van der Waals surface area contributed by atoms with E-state index in [9.17, 15) is 0 Å². The van der Waals surface area contributed by atoms with Crippen molar-refractivity contribution in [3.05, 3.63) is 39.1 Å². The number of rotatable bonds is 4. The highest BCUT2D eigenvalue weighted by Crippen LogP contribution is 2.41. The molecule has 1 aromatic heterocycles. The van der Waals surface area contributed by atoms with E-state index in [-0.39, 0.29) is 0 Å². The van der Waals surface area contributed by atoms with Crippen LogP contribution in [-0.4, -0.2) is 17.0 Å². The molecule has 0 spiro atoms. The van der Waals surface area contributed by atoms with Gasteiger partial charge in [0.25, 0.3) is 0 Å². The minimum atomic E-state index is 0.457. The number of nitrogens with one attached hydrogen (secondary N) is 1. The Kier molecular flexibility index (Phi) is 4.04. The average molecular weight is 369 g/mol. The molecule has 1 heterocycles. The number of hydrogen-bond acceptors (Lipinski definition) is 4. The highest BCUT2D eigenvalue weighted by molar-refractivity contribution is 9.10. The van der Waals surface area contributed by atoms with Gasteiger partial charge < -0.3 is 10.1 Å². The molecule has 1 aliphatic carbocycles. The molecule has 1 N–H and O–H groups in total. The Morgan fingerprint density at radius 2 is 2.10 bits per heavy atom. The van der Waals surface area contributed by atoms with Gasteiger partial charge in [0.2, 0.25) is 5.88 Å². The van der Waals surface area contributed by atoms with E-state index in [4.69, 9.17) is 16.3 Å². The topological polar surface area (TPSA) is 47.0 Å². The molecule has 3 rings (SSSR count). The summed E-state index contributed by atoms with van der Waals surface area (Å²) in [4.78, 5) is 9.11. The van der Waals surface area contributed by atoms with Gasteiger partial charge in [-0.05, 0) is 38.0 Å². The van der Waals surface area contributed by atoms with Gasteiger partial charge in [-0.3, -0.25) is 0 Å². The Labute approximate surface area is 137 Å². The van der Waals surface area contributed by atoms with Crippen molar-refractivity contribution in [2.24, 2.45) is 0 Å². The summed E-state index contributed by atoms with van der Waals surface area (Å²) < 4.78 is 6.84. The number of halogens is 2. The van der Waals surface area contributed by atoms with Crippen LogP contribution in [0.5, 0.6) is 11.6 Å². The van der Waals surface area contributed by atoms with Crippen molar-refractivity contribution in [1.29, 1.82) is 0 Å². The zero-order chi connectivity index (χ0) is 15.0. The zero-order valence-electron chi connectivity index (χ0n) is 11.8. The summed E-state index contributed by atoms with van der Waals surface area (Å²) in [5.74, 6) is 3.23. The van der Waals surface area contributed by atoms with Crippen molar-refractivity contribution in [3.8, 4) is 11.6 Å². The second kappa shape index (κ2) is 5.81. The van der Waals surface area contributed by atoms with Gasteiger partial charge in [0, 0.05) is 17.4 Å². The highest BCUT2D eigenvalue weighted by Gasteiger charge is 2.28. The Bertz CT molecular complexity index is 689. The van der Waals surface area contributed by atoms with E-state index >= 15 is 0 Å². The Hall–Kier alpha value is -1.33. The standard InChI is InChI=1S/C15H15BrClN3O/c1-8-13(18-2)19-14(9-3-4-9)20-15(8)21-12-7-10(16)5-6-11(12)17/h5-7,9H,3-4H2,1-2H3,(H,18,19,20). The van der Waals surface area contributed by atoms with E-state index in [2.05, 4.69) is 31.2 Å². The van der Waals surface area contributed by atoms with Crippen LogP contribution in [0.15, 0.2) is 22.7 Å². The molecule has 6 heteroatoms. The first kappa shape index (κ1) is 14.6. The van der Waals surface area contributed by atoms with E-state index in [1.807, 2.05) is 26.1 Å². The summed E-state index contributed by atoms with van der Waals surface area (Å²) in [5.41, 5.74) is 0.873. The molecule has 1 aliphatic rings. The first-order valence-corrected chi connectivity index (χ1v) is 7.94. The van der Waals surface area contributed by atoms with Gasteiger partial charge in [0.1, 0.15) is 17.4 Å². The summed E-state index contributed by atoms with van der Waals surface area (Å²) in [7, 11) is 1.85. The van der Waals surface area contributed by atoms with Gasteiger partial charge in [0.05, 0.1) is 10.6 Å². The van der Waals surface area contributed by atoms with Crippen LogP contribution in [-0.2, 0) is 0 Å². The first-order valence-electron chi connectivity index (χ1n) is 6.77. The van der Waals surface area contributed by atoms with E-state index < -0.39 is 0 Å². The highest BCUT2D eigenvalue weighted by atomic mass is 79.9. The molecular weight excluding hydrogens is 354 g/mol. The van der Waals surface area contributed by atoms with Crippen LogP contribution in [0.2, 0.25) is 5.02 Å². The lowest BCUT2D eigenvalue weighted by Gasteiger charge is -2.13. The summed E-state index contributed by atoms with van der Waals surface area (Å²) >= 11 is 9.60. The molecule has 1 aromatic carbocycles. The van der Waals surface area contributed by atoms with E-state index in [0.29, 0.717) is 22.6 Å². The minimum Gasteiger partial charge on any atom is -0.437 e. The van der Waals surface area contributed by atoms with Crippen LogP contribution in [0.1, 0.15) is 30.1 Å². The molecule has 0 saturated heterocycles. The average Bonchev–Trinajstić information content (AvgIpc) is 3.29. The maximum Gasteiger partial charge on any atom is 0.227 e. The Morgan fingerprint density at radius 1 is 1.33 bits per heavy atom. The van der Waals surface area contributed by atoms with Crippen molar-refractivity contribution in [2.45, 2.75) is 25.7 Å². The fraction of sp³-hybridized carbons (Fsp3) is 0.333. The Balaban J connectivity index is 2.00. The van der Waals surface area contributed by atoms with Gasteiger partial charge in [-0.25, -0.2) is 4.98 Å². The smallest absolute Gasteiger partial charge is 0.227 e. The molecule has 0 atom stereocenters. The third-order valence-electron chi connectivity index (χ3n) is 3.40. The van der Waals surface area contributed by atoms with E-state index in [0.717, 1.165) is 34.5 Å². The van der Waals surface area contributed by atoms with Gasteiger partial charge in [0.15, 0.2) is 0 Å². The SMILES string of the molecule is CNc1nc(C2CC2)nc(Oc2cc(Br)ccc2Cl)c1C. The quantitative estimate of drug-likeness (QED) is 0.832. The molecule has 0 bridgehead atoms. The molecule has 0 amide bonds. The largest absolute Gasteiger partial charge is 0.437 e. The molecule has 0 aliphatic heterocycles. The molecule has 0 radical (unpaired) electrons. The molecule has 1 fully saturated rings. The molecule has 4 nitrogen and oxygen atoms in total. The van der Waals surface area contributed by atoms with E-state index in [1.54, 1.807) is 6.07 Å². The second-order valence-corrected chi connectivity index (χ2v) is 6.38. The molecular formula is C15H15BrClN3O. The number of aromatic nitrogens is 2. The first-order chi connectivity index (χ1) is 10.1. The molecule has 0 unspecified atom stereocenters. The summed E-state index contributed by atoms with van der Waals surface area (Å²) in [6, 6.07) is 5.49. The monoisotopic (exact) mass is 367 g/mol. The summed E-state index contributed by atoms with van der Waals surface area (Å²) in [6.45, 7) is 1.93. The molecule has 1 saturated carbocycles. The van der Waals surface area contributed by atoms with Crippen molar-refractivity contribution in [2.75, 3.05) is 12.4 Å². The third kappa shape index (κ3) is 3.14. The van der Waals surface area contributed by atoms with Crippen LogP contribution in [0.25, 0.3) is 0 Å². The summed E-state index contributed by atoms with van der Waals surface area (Å²) in [5, 5.41) is 3.65. The van der Waals surface area contributed by atoms with Crippen LogP contribution in [0, 0.1) is 6.92 Å². The number of benzene rings is 1. The van der Waals surface area contributed by atoms with Crippen molar-refractivity contribution < 1.29 is 4.74 Å². The number of ether oxygens (including phenoxy) is 1. The number of hydrogen-bond donors (Lipinski definition) is 1. The lowest BCUT2D eigenvalue weighted by molar-refractivity contribution is 0.455. The predicted molar refractivity (Wildman–Crippen MR) is 87.5 cm³/mol. The van der Waals surface area contributed by atoms with E-state index in [1.165, 1.54) is 0 Å². The maximum absolute atomic E-state index is 6.18. The summed E-state index contributed by atoms with van der Waals surface area (Å²) in [6.07, 6.45) is 2.28. The molecule has 110 valence electrons. The van der Waals surface area contributed by atoms with Gasteiger partial charge in [-0.2, -0.15) is 4.98 Å². The lowest BCUT2D eigenvalue weighted by Crippen LogP contribution is -2.04. The second-order valence-electron chi connectivity index (χ2n) is 5.06. The predicted octanol–water partition coefficient (Wildman–Crippen LogP) is 4.91. The Morgan fingerprint density at radius 3 is 2.76 bits per heavy atom. The minimum absolute atomic E-state index is 0.457. The van der Waals surface area contributed by atoms with Gasteiger partial charge >= 0.3 is 0 Å². The maximum atomic E-state index is 6.18.